The zero-order chi connectivity index (χ0) is 15.4. The van der Waals surface area contributed by atoms with Gasteiger partial charge >= 0.3 is 0 Å². The number of amides is 1. The van der Waals surface area contributed by atoms with Crippen LogP contribution in [-0.2, 0) is 6.54 Å². The van der Waals surface area contributed by atoms with Gasteiger partial charge in [0, 0.05) is 50.3 Å². The number of carbonyl (C=O) groups excluding carboxylic acids is 1. The quantitative estimate of drug-likeness (QED) is 0.870. The van der Waals surface area contributed by atoms with Crippen molar-refractivity contribution in [1.82, 2.24) is 9.88 Å². The van der Waals surface area contributed by atoms with Crippen molar-refractivity contribution >= 4 is 11.6 Å². The van der Waals surface area contributed by atoms with E-state index in [0.717, 1.165) is 13.1 Å². The maximum atomic E-state index is 12.5. The van der Waals surface area contributed by atoms with Gasteiger partial charge in [-0.05, 0) is 36.6 Å². The molecule has 4 heteroatoms. The minimum Gasteiger partial charge on any atom is -0.371 e. The van der Waals surface area contributed by atoms with Crippen molar-refractivity contribution in [1.29, 1.82) is 0 Å². The summed E-state index contributed by atoms with van der Waals surface area (Å²) in [6.07, 6.45) is 5.80. The molecule has 0 radical (unpaired) electrons. The molecule has 2 heterocycles. The number of carbonyl (C=O) groups is 1. The standard InChI is InChI=1S/C18H21N3O/c1-20(18(22)15-8-10-19-11-9-15)14-16-6-2-3-7-17(16)21-12-4-5-13-21/h2-3,6-11H,4-5,12-14H2,1H3. The maximum Gasteiger partial charge on any atom is 0.254 e. The highest BCUT2D eigenvalue weighted by Gasteiger charge is 2.18. The minimum absolute atomic E-state index is 0.0265. The number of aromatic nitrogens is 1. The molecule has 0 atom stereocenters. The summed E-state index contributed by atoms with van der Waals surface area (Å²) < 4.78 is 0. The van der Waals surface area contributed by atoms with E-state index in [1.165, 1.54) is 24.1 Å². The molecule has 1 aromatic carbocycles. The van der Waals surface area contributed by atoms with E-state index in [1.54, 1.807) is 29.4 Å². The summed E-state index contributed by atoms with van der Waals surface area (Å²) in [6.45, 7) is 2.84. The van der Waals surface area contributed by atoms with E-state index in [0.29, 0.717) is 12.1 Å². The highest BCUT2D eigenvalue weighted by atomic mass is 16.2. The highest BCUT2D eigenvalue weighted by Crippen LogP contribution is 2.25. The fourth-order valence-corrected chi connectivity index (χ4v) is 2.95. The van der Waals surface area contributed by atoms with Crippen LogP contribution in [0.4, 0.5) is 5.69 Å². The molecule has 0 N–H and O–H groups in total. The molecule has 1 fully saturated rings. The van der Waals surface area contributed by atoms with E-state index < -0.39 is 0 Å². The van der Waals surface area contributed by atoms with Crippen molar-refractivity contribution in [3.8, 4) is 0 Å². The Morgan fingerprint density at radius 3 is 2.55 bits per heavy atom. The lowest BCUT2D eigenvalue weighted by molar-refractivity contribution is 0.0785. The van der Waals surface area contributed by atoms with Crippen LogP contribution in [0.3, 0.4) is 0 Å². The SMILES string of the molecule is CN(Cc1ccccc1N1CCCC1)C(=O)c1ccncc1. The molecular formula is C18H21N3O. The van der Waals surface area contributed by atoms with Crippen LogP contribution in [0.5, 0.6) is 0 Å². The number of hydrogen-bond donors (Lipinski definition) is 0. The molecule has 4 nitrogen and oxygen atoms in total. The summed E-state index contributed by atoms with van der Waals surface area (Å²) in [4.78, 5) is 20.6. The first-order chi connectivity index (χ1) is 10.8. The Balaban J connectivity index is 1.77. The van der Waals surface area contributed by atoms with Crippen molar-refractivity contribution in [3.63, 3.8) is 0 Å². The molecule has 2 aromatic rings. The van der Waals surface area contributed by atoms with Gasteiger partial charge in [0.05, 0.1) is 0 Å². The fraction of sp³-hybridized carbons (Fsp3) is 0.333. The van der Waals surface area contributed by atoms with Crippen LogP contribution in [0, 0.1) is 0 Å². The summed E-state index contributed by atoms with van der Waals surface area (Å²) in [7, 11) is 1.85. The van der Waals surface area contributed by atoms with Gasteiger partial charge < -0.3 is 9.80 Å². The summed E-state index contributed by atoms with van der Waals surface area (Å²) >= 11 is 0. The molecule has 0 unspecified atom stereocenters. The van der Waals surface area contributed by atoms with Crippen LogP contribution in [0.2, 0.25) is 0 Å². The predicted octanol–water partition coefficient (Wildman–Crippen LogP) is 2.95. The van der Waals surface area contributed by atoms with Gasteiger partial charge in [-0.25, -0.2) is 0 Å². The largest absolute Gasteiger partial charge is 0.371 e. The van der Waals surface area contributed by atoms with Crippen LogP contribution in [0.25, 0.3) is 0 Å². The molecule has 114 valence electrons. The summed E-state index contributed by atoms with van der Waals surface area (Å²) in [5.41, 5.74) is 3.14. The number of rotatable bonds is 4. The second-order valence-electron chi connectivity index (χ2n) is 5.72. The van der Waals surface area contributed by atoms with Crippen molar-refractivity contribution in [2.45, 2.75) is 19.4 Å². The Bertz CT molecular complexity index is 636. The van der Waals surface area contributed by atoms with E-state index >= 15 is 0 Å². The van der Waals surface area contributed by atoms with Gasteiger partial charge in [0.25, 0.3) is 5.91 Å². The average molecular weight is 295 g/mol. The number of hydrogen-bond acceptors (Lipinski definition) is 3. The zero-order valence-corrected chi connectivity index (χ0v) is 12.9. The maximum absolute atomic E-state index is 12.5. The van der Waals surface area contributed by atoms with E-state index in [1.807, 2.05) is 13.1 Å². The van der Waals surface area contributed by atoms with Gasteiger partial charge in [-0.3, -0.25) is 9.78 Å². The summed E-state index contributed by atoms with van der Waals surface area (Å²) in [5.74, 6) is 0.0265. The molecule has 1 aromatic heterocycles. The molecular weight excluding hydrogens is 274 g/mol. The molecule has 1 aliphatic rings. The molecule has 0 aliphatic carbocycles. The van der Waals surface area contributed by atoms with E-state index in [9.17, 15) is 4.79 Å². The fourth-order valence-electron chi connectivity index (χ4n) is 2.95. The lowest BCUT2D eigenvalue weighted by atomic mass is 10.1. The Kier molecular flexibility index (Phi) is 4.37. The third kappa shape index (κ3) is 3.11. The topological polar surface area (TPSA) is 36.4 Å². The highest BCUT2D eigenvalue weighted by molar-refractivity contribution is 5.93. The lowest BCUT2D eigenvalue weighted by Gasteiger charge is -2.24. The lowest BCUT2D eigenvalue weighted by Crippen LogP contribution is -2.28. The molecule has 0 saturated carbocycles. The van der Waals surface area contributed by atoms with E-state index in [2.05, 4.69) is 28.1 Å². The molecule has 22 heavy (non-hydrogen) atoms. The van der Waals surface area contributed by atoms with Gasteiger partial charge in [0.1, 0.15) is 0 Å². The summed E-state index contributed by atoms with van der Waals surface area (Å²) in [6, 6.07) is 11.9. The van der Waals surface area contributed by atoms with Crippen LogP contribution in [-0.4, -0.2) is 35.9 Å². The third-order valence-electron chi connectivity index (χ3n) is 4.12. The zero-order valence-electron chi connectivity index (χ0n) is 12.9. The van der Waals surface area contributed by atoms with Crippen LogP contribution in [0.1, 0.15) is 28.8 Å². The number of para-hydroxylation sites is 1. The first-order valence-electron chi connectivity index (χ1n) is 7.74. The van der Waals surface area contributed by atoms with Crippen molar-refractivity contribution < 1.29 is 4.79 Å². The third-order valence-corrected chi connectivity index (χ3v) is 4.12. The van der Waals surface area contributed by atoms with Gasteiger partial charge in [0.2, 0.25) is 0 Å². The summed E-state index contributed by atoms with van der Waals surface area (Å²) in [5, 5.41) is 0. The Morgan fingerprint density at radius 2 is 1.82 bits per heavy atom. The van der Waals surface area contributed by atoms with E-state index in [4.69, 9.17) is 0 Å². The number of anilines is 1. The minimum atomic E-state index is 0.0265. The monoisotopic (exact) mass is 295 g/mol. The molecule has 1 amide bonds. The van der Waals surface area contributed by atoms with Crippen molar-refractivity contribution in [2.24, 2.45) is 0 Å². The first kappa shape index (κ1) is 14.6. The van der Waals surface area contributed by atoms with Gasteiger partial charge in [0.15, 0.2) is 0 Å². The van der Waals surface area contributed by atoms with Crippen LogP contribution in [0.15, 0.2) is 48.8 Å². The molecule has 0 bridgehead atoms. The van der Waals surface area contributed by atoms with Crippen LogP contribution < -0.4 is 4.90 Å². The second-order valence-corrected chi connectivity index (χ2v) is 5.72. The van der Waals surface area contributed by atoms with Gasteiger partial charge in [-0.15, -0.1) is 0 Å². The smallest absolute Gasteiger partial charge is 0.254 e. The molecule has 1 aliphatic heterocycles. The van der Waals surface area contributed by atoms with Gasteiger partial charge in [-0.1, -0.05) is 18.2 Å². The number of nitrogens with zero attached hydrogens (tertiary/aromatic N) is 3. The number of pyridine rings is 1. The van der Waals surface area contributed by atoms with Crippen molar-refractivity contribution in [3.05, 3.63) is 59.9 Å². The first-order valence-corrected chi connectivity index (χ1v) is 7.74. The van der Waals surface area contributed by atoms with Gasteiger partial charge in [-0.2, -0.15) is 0 Å². The normalized spacial score (nSPS) is 14.1. The molecule has 1 saturated heterocycles. The Morgan fingerprint density at radius 1 is 1.14 bits per heavy atom. The molecule has 0 spiro atoms. The Labute approximate surface area is 131 Å². The second kappa shape index (κ2) is 6.60. The van der Waals surface area contributed by atoms with Crippen LogP contribution >= 0.6 is 0 Å². The van der Waals surface area contributed by atoms with E-state index in [-0.39, 0.29) is 5.91 Å². The average Bonchev–Trinajstić information content (AvgIpc) is 3.10. The number of benzene rings is 1. The predicted molar refractivity (Wildman–Crippen MR) is 87.9 cm³/mol. The Hall–Kier alpha value is -2.36. The van der Waals surface area contributed by atoms with Crippen molar-refractivity contribution in [2.75, 3.05) is 25.0 Å². The molecule has 3 rings (SSSR count).